The van der Waals surface area contributed by atoms with Crippen LogP contribution in [0.4, 0.5) is 15.9 Å². The molecule has 152 valence electrons. The molecule has 1 unspecified atom stereocenters. The van der Waals surface area contributed by atoms with Crippen LogP contribution in [-0.2, 0) is 4.74 Å². The zero-order chi connectivity index (χ0) is 20.5. The second-order valence-electron chi connectivity index (χ2n) is 7.54. The Morgan fingerprint density at radius 3 is 2.66 bits per heavy atom. The summed E-state index contributed by atoms with van der Waals surface area (Å²) in [7, 11) is 0. The fourth-order valence-electron chi connectivity index (χ4n) is 3.73. The molecule has 0 spiro atoms. The van der Waals surface area contributed by atoms with E-state index in [1.54, 1.807) is 16.5 Å². The van der Waals surface area contributed by atoms with Gasteiger partial charge in [0.15, 0.2) is 0 Å². The van der Waals surface area contributed by atoms with E-state index in [1.807, 2.05) is 33.0 Å². The van der Waals surface area contributed by atoms with Crippen molar-refractivity contribution in [3.05, 3.63) is 69.4 Å². The zero-order valence-corrected chi connectivity index (χ0v) is 16.9. The third-order valence-electron chi connectivity index (χ3n) is 5.27. The van der Waals surface area contributed by atoms with Gasteiger partial charge in [0, 0.05) is 36.6 Å². The average molecular weight is 396 g/mol. The average Bonchev–Trinajstić information content (AvgIpc) is 2.70. The van der Waals surface area contributed by atoms with Gasteiger partial charge in [0.05, 0.1) is 19.3 Å². The Morgan fingerprint density at radius 1 is 1.17 bits per heavy atom. The van der Waals surface area contributed by atoms with Crippen molar-refractivity contribution in [2.24, 2.45) is 0 Å². The van der Waals surface area contributed by atoms with E-state index >= 15 is 0 Å². The molecule has 4 rings (SSSR count). The van der Waals surface area contributed by atoms with Crippen LogP contribution < -0.4 is 15.8 Å². The molecule has 0 saturated carbocycles. The fourth-order valence-corrected chi connectivity index (χ4v) is 3.73. The molecule has 0 aliphatic carbocycles. The number of benzene rings is 1. The molecule has 0 bridgehead atoms. The van der Waals surface area contributed by atoms with Crippen molar-refractivity contribution in [2.45, 2.75) is 26.8 Å². The maximum atomic E-state index is 13.4. The first-order valence-corrected chi connectivity index (χ1v) is 9.82. The first-order chi connectivity index (χ1) is 13.9. The maximum absolute atomic E-state index is 13.4. The highest BCUT2D eigenvalue weighted by molar-refractivity contribution is 5.59. The van der Waals surface area contributed by atoms with E-state index in [0.29, 0.717) is 37.8 Å². The molecule has 1 aliphatic heterocycles. The molecule has 3 heterocycles. The molecule has 1 fully saturated rings. The number of pyridine rings is 1. The van der Waals surface area contributed by atoms with Gasteiger partial charge in [-0.15, -0.1) is 0 Å². The van der Waals surface area contributed by atoms with E-state index < -0.39 is 0 Å². The van der Waals surface area contributed by atoms with Crippen LogP contribution >= 0.6 is 0 Å². The number of nitrogens with one attached hydrogen (secondary N) is 1. The van der Waals surface area contributed by atoms with Gasteiger partial charge in [0.2, 0.25) is 0 Å². The Hall–Kier alpha value is -2.93. The number of nitrogens with zero attached hydrogens (tertiary/aromatic N) is 3. The minimum absolute atomic E-state index is 0.105. The third-order valence-corrected chi connectivity index (χ3v) is 5.27. The Labute approximate surface area is 169 Å². The molecule has 0 radical (unpaired) electrons. The minimum atomic E-state index is -0.259. The summed E-state index contributed by atoms with van der Waals surface area (Å²) < 4.78 is 20.5. The summed E-state index contributed by atoms with van der Waals surface area (Å²) in [5.74, 6) is 0.415. The Bertz CT molecular complexity index is 1110. The molecule has 1 aromatic carbocycles. The molecule has 1 saturated heterocycles. The van der Waals surface area contributed by atoms with Crippen LogP contribution in [0.5, 0.6) is 0 Å². The van der Waals surface area contributed by atoms with Gasteiger partial charge in [-0.25, -0.2) is 9.37 Å². The van der Waals surface area contributed by atoms with Gasteiger partial charge in [-0.05, 0) is 56.2 Å². The van der Waals surface area contributed by atoms with Crippen molar-refractivity contribution in [2.75, 3.05) is 36.5 Å². The second-order valence-corrected chi connectivity index (χ2v) is 7.54. The number of ether oxygens (including phenoxy) is 1. The first kappa shape index (κ1) is 19.4. The molecular formula is C22H25FN4O2. The van der Waals surface area contributed by atoms with Gasteiger partial charge in [-0.3, -0.25) is 9.20 Å². The van der Waals surface area contributed by atoms with Crippen molar-refractivity contribution >= 4 is 17.2 Å². The molecule has 1 N–H and O–H groups in total. The lowest BCUT2D eigenvalue weighted by molar-refractivity contribution is 0.122. The highest BCUT2D eigenvalue weighted by Crippen LogP contribution is 2.26. The van der Waals surface area contributed by atoms with Crippen LogP contribution in [0, 0.1) is 19.7 Å². The van der Waals surface area contributed by atoms with Crippen molar-refractivity contribution in [3.63, 3.8) is 0 Å². The summed E-state index contributed by atoms with van der Waals surface area (Å²) in [6.07, 6.45) is 1.81. The Kier molecular flexibility index (Phi) is 5.24. The highest BCUT2D eigenvalue weighted by Gasteiger charge is 2.18. The standard InChI is InChI=1S/C22H25FN4O2/c1-14-10-18(16(3)24-19-5-4-17(23)11-15(19)2)22-25-20(12-21(28)27(22)13-14)26-6-8-29-9-7-26/h4-5,10-13,16,24H,6-9H2,1-3H3. The lowest BCUT2D eigenvalue weighted by atomic mass is 10.1. The lowest BCUT2D eigenvalue weighted by Gasteiger charge is -2.28. The van der Waals surface area contributed by atoms with Gasteiger partial charge in [-0.1, -0.05) is 0 Å². The molecule has 3 aromatic rings. The van der Waals surface area contributed by atoms with Crippen LogP contribution in [0.2, 0.25) is 0 Å². The van der Waals surface area contributed by atoms with Crippen molar-refractivity contribution in [1.29, 1.82) is 0 Å². The summed E-state index contributed by atoms with van der Waals surface area (Å²) >= 11 is 0. The lowest BCUT2D eigenvalue weighted by Crippen LogP contribution is -2.37. The monoisotopic (exact) mass is 396 g/mol. The molecule has 29 heavy (non-hydrogen) atoms. The number of fused-ring (bicyclic) bond motifs is 1. The van der Waals surface area contributed by atoms with Crippen LogP contribution in [0.1, 0.15) is 29.7 Å². The Balaban J connectivity index is 1.77. The van der Waals surface area contributed by atoms with E-state index in [9.17, 15) is 9.18 Å². The Morgan fingerprint density at radius 2 is 1.93 bits per heavy atom. The van der Waals surface area contributed by atoms with E-state index in [0.717, 1.165) is 22.4 Å². The summed E-state index contributed by atoms with van der Waals surface area (Å²) in [5, 5.41) is 3.44. The predicted octanol–water partition coefficient (Wildman–Crippen LogP) is 3.46. The molecule has 0 amide bonds. The van der Waals surface area contributed by atoms with Gasteiger partial charge >= 0.3 is 0 Å². The summed E-state index contributed by atoms with van der Waals surface area (Å²) in [6.45, 7) is 8.53. The van der Waals surface area contributed by atoms with Crippen LogP contribution in [0.15, 0.2) is 41.3 Å². The van der Waals surface area contributed by atoms with E-state index in [1.165, 1.54) is 12.1 Å². The highest BCUT2D eigenvalue weighted by atomic mass is 19.1. The predicted molar refractivity (Wildman–Crippen MR) is 112 cm³/mol. The zero-order valence-electron chi connectivity index (χ0n) is 16.9. The first-order valence-electron chi connectivity index (χ1n) is 9.82. The van der Waals surface area contributed by atoms with Crippen molar-refractivity contribution in [1.82, 2.24) is 9.38 Å². The summed E-state index contributed by atoms with van der Waals surface area (Å²) in [5.41, 5.74) is 4.09. The number of morpholine rings is 1. The summed E-state index contributed by atoms with van der Waals surface area (Å²) in [4.78, 5) is 19.7. The third kappa shape index (κ3) is 3.96. The van der Waals surface area contributed by atoms with E-state index in [-0.39, 0.29) is 17.4 Å². The van der Waals surface area contributed by atoms with Crippen LogP contribution in [0.25, 0.3) is 5.65 Å². The molecule has 1 aliphatic rings. The molecule has 6 nitrogen and oxygen atoms in total. The van der Waals surface area contributed by atoms with Gasteiger partial charge in [0.25, 0.3) is 5.56 Å². The molecule has 2 aromatic heterocycles. The minimum Gasteiger partial charge on any atom is -0.378 e. The number of rotatable bonds is 4. The number of anilines is 2. The number of hydrogen-bond donors (Lipinski definition) is 1. The molecule has 7 heteroatoms. The van der Waals surface area contributed by atoms with E-state index in [4.69, 9.17) is 9.72 Å². The fraction of sp³-hybridized carbons (Fsp3) is 0.364. The maximum Gasteiger partial charge on any atom is 0.259 e. The van der Waals surface area contributed by atoms with Gasteiger partial charge in [0.1, 0.15) is 17.3 Å². The molecular weight excluding hydrogens is 371 g/mol. The number of aryl methyl sites for hydroxylation is 2. The van der Waals surface area contributed by atoms with Crippen molar-refractivity contribution in [3.8, 4) is 0 Å². The van der Waals surface area contributed by atoms with Gasteiger partial charge in [-0.2, -0.15) is 0 Å². The topological polar surface area (TPSA) is 58.9 Å². The SMILES string of the molecule is Cc1cc(C(C)Nc2ccc(F)cc2C)c2nc(N3CCOCC3)cc(=O)n2c1. The molecule has 1 atom stereocenters. The number of aromatic nitrogens is 2. The van der Waals surface area contributed by atoms with Crippen molar-refractivity contribution < 1.29 is 9.13 Å². The van der Waals surface area contributed by atoms with Crippen LogP contribution in [0.3, 0.4) is 0 Å². The normalized spacial score (nSPS) is 15.5. The van der Waals surface area contributed by atoms with Gasteiger partial charge < -0.3 is 15.0 Å². The van der Waals surface area contributed by atoms with Crippen LogP contribution in [-0.4, -0.2) is 35.7 Å². The second kappa shape index (κ2) is 7.83. The smallest absolute Gasteiger partial charge is 0.259 e. The number of hydrogen-bond acceptors (Lipinski definition) is 5. The quantitative estimate of drug-likeness (QED) is 0.732. The summed E-state index contributed by atoms with van der Waals surface area (Å²) in [6, 6.07) is 8.18. The largest absolute Gasteiger partial charge is 0.378 e. The van der Waals surface area contributed by atoms with E-state index in [2.05, 4.69) is 10.2 Å². The number of halogens is 1.